The van der Waals surface area contributed by atoms with Crippen molar-refractivity contribution < 1.29 is 4.79 Å². The number of fused-ring (bicyclic) bond motifs is 1. The van der Waals surface area contributed by atoms with E-state index in [1.807, 2.05) is 44.2 Å². The first-order valence-corrected chi connectivity index (χ1v) is 9.14. The highest BCUT2D eigenvalue weighted by atomic mass is 16.2. The van der Waals surface area contributed by atoms with Gasteiger partial charge in [0, 0.05) is 18.9 Å². The van der Waals surface area contributed by atoms with Gasteiger partial charge in [-0.15, -0.1) is 0 Å². The van der Waals surface area contributed by atoms with Gasteiger partial charge in [-0.1, -0.05) is 29.8 Å². The van der Waals surface area contributed by atoms with E-state index < -0.39 is 17.2 Å². The normalized spacial score (nSPS) is 11.0. The number of hydrogen-bond acceptors (Lipinski definition) is 3. The second-order valence-electron chi connectivity index (χ2n) is 7.11. The number of nitrogens with one attached hydrogen (secondary N) is 2. The van der Waals surface area contributed by atoms with Gasteiger partial charge in [0.2, 0.25) is 0 Å². The van der Waals surface area contributed by atoms with Crippen LogP contribution in [0.3, 0.4) is 0 Å². The third kappa shape index (κ3) is 3.27. The summed E-state index contributed by atoms with van der Waals surface area (Å²) >= 11 is 0. The summed E-state index contributed by atoms with van der Waals surface area (Å²) in [6, 6.07) is 14.5. The first-order chi connectivity index (χ1) is 13.8. The van der Waals surface area contributed by atoms with E-state index in [4.69, 9.17) is 0 Å². The molecule has 0 saturated heterocycles. The molecule has 146 valence electrons. The Labute approximate surface area is 166 Å². The van der Waals surface area contributed by atoms with Gasteiger partial charge < -0.3 is 14.9 Å². The predicted octanol–water partition coefficient (Wildman–Crippen LogP) is 2.89. The summed E-state index contributed by atoms with van der Waals surface area (Å²) in [5, 5.41) is 2.81. The maximum atomic E-state index is 13.1. The lowest BCUT2D eigenvalue weighted by atomic mass is 10.2. The van der Waals surface area contributed by atoms with Crippen molar-refractivity contribution >= 4 is 22.6 Å². The van der Waals surface area contributed by atoms with Gasteiger partial charge in [0.25, 0.3) is 11.5 Å². The van der Waals surface area contributed by atoms with Crippen LogP contribution in [0.15, 0.2) is 64.3 Å². The van der Waals surface area contributed by atoms with E-state index in [1.54, 1.807) is 36.0 Å². The number of anilines is 1. The molecule has 0 aliphatic heterocycles. The number of amides is 1. The van der Waals surface area contributed by atoms with Gasteiger partial charge in [-0.2, -0.15) is 0 Å². The van der Waals surface area contributed by atoms with Crippen molar-refractivity contribution in [1.29, 1.82) is 0 Å². The summed E-state index contributed by atoms with van der Waals surface area (Å²) in [4.78, 5) is 41.3. The van der Waals surface area contributed by atoms with E-state index in [0.29, 0.717) is 11.4 Å². The van der Waals surface area contributed by atoms with Crippen LogP contribution >= 0.6 is 0 Å². The lowest BCUT2D eigenvalue weighted by Gasteiger charge is -2.07. The molecule has 0 saturated carbocycles. The molecular formula is C22H20N4O3. The largest absolute Gasteiger partial charge is 0.344 e. The smallest absolute Gasteiger partial charge is 0.333 e. The highest BCUT2D eigenvalue weighted by molar-refractivity contribution is 6.11. The zero-order valence-electron chi connectivity index (χ0n) is 16.3. The summed E-state index contributed by atoms with van der Waals surface area (Å²) in [5.41, 5.74) is 2.76. The van der Waals surface area contributed by atoms with Crippen LogP contribution in [-0.2, 0) is 7.05 Å². The zero-order chi connectivity index (χ0) is 20.7. The molecule has 2 aromatic carbocycles. The number of aryl methyl sites for hydroxylation is 3. The minimum absolute atomic E-state index is 0.219. The predicted molar refractivity (Wildman–Crippen MR) is 113 cm³/mol. The molecule has 4 rings (SSSR count). The highest BCUT2D eigenvalue weighted by Gasteiger charge is 2.20. The number of rotatable bonds is 3. The molecule has 0 unspecified atom stereocenters. The SMILES string of the molecule is Cc1ccc(-n2c(=O)[nH]c3c(C(=O)Nc4cccc(C)c4)cn(C)c3c2=O)cc1. The van der Waals surface area contributed by atoms with Crippen LogP contribution in [-0.4, -0.2) is 20.0 Å². The fourth-order valence-electron chi connectivity index (χ4n) is 3.39. The maximum Gasteiger partial charge on any atom is 0.333 e. The van der Waals surface area contributed by atoms with Gasteiger partial charge in [0.1, 0.15) is 5.52 Å². The first kappa shape index (κ1) is 18.5. The van der Waals surface area contributed by atoms with Gasteiger partial charge in [-0.3, -0.25) is 9.59 Å². The van der Waals surface area contributed by atoms with E-state index in [-0.39, 0.29) is 16.6 Å². The van der Waals surface area contributed by atoms with Crippen LogP contribution in [0, 0.1) is 13.8 Å². The molecule has 0 bridgehead atoms. The number of nitrogens with zero attached hydrogens (tertiary/aromatic N) is 2. The van der Waals surface area contributed by atoms with Crippen molar-refractivity contribution in [3.8, 4) is 5.69 Å². The van der Waals surface area contributed by atoms with Crippen LogP contribution in [0.5, 0.6) is 0 Å². The van der Waals surface area contributed by atoms with Crippen LogP contribution in [0.4, 0.5) is 5.69 Å². The first-order valence-electron chi connectivity index (χ1n) is 9.14. The second-order valence-corrected chi connectivity index (χ2v) is 7.11. The third-order valence-corrected chi connectivity index (χ3v) is 4.84. The van der Waals surface area contributed by atoms with Gasteiger partial charge in [-0.25, -0.2) is 9.36 Å². The summed E-state index contributed by atoms with van der Waals surface area (Å²) in [5.74, 6) is -0.399. The van der Waals surface area contributed by atoms with Crippen LogP contribution in [0.1, 0.15) is 21.5 Å². The van der Waals surface area contributed by atoms with E-state index in [2.05, 4.69) is 10.3 Å². The summed E-state index contributed by atoms with van der Waals surface area (Å²) in [7, 11) is 1.67. The molecular weight excluding hydrogens is 368 g/mol. The van der Waals surface area contributed by atoms with E-state index in [1.165, 1.54) is 0 Å². The van der Waals surface area contributed by atoms with E-state index in [0.717, 1.165) is 15.7 Å². The molecule has 0 fully saturated rings. The van der Waals surface area contributed by atoms with E-state index >= 15 is 0 Å². The summed E-state index contributed by atoms with van der Waals surface area (Å²) < 4.78 is 2.63. The molecule has 29 heavy (non-hydrogen) atoms. The lowest BCUT2D eigenvalue weighted by molar-refractivity contribution is 0.102. The molecule has 2 aromatic heterocycles. The fourth-order valence-corrected chi connectivity index (χ4v) is 3.39. The number of carbonyl (C=O) groups is 1. The topological polar surface area (TPSA) is 88.9 Å². The average molecular weight is 388 g/mol. The minimum Gasteiger partial charge on any atom is -0.344 e. The van der Waals surface area contributed by atoms with Gasteiger partial charge in [0.05, 0.1) is 16.8 Å². The van der Waals surface area contributed by atoms with Crippen LogP contribution in [0.2, 0.25) is 0 Å². The number of carbonyl (C=O) groups excluding carboxylic acids is 1. The molecule has 0 atom stereocenters. The highest BCUT2D eigenvalue weighted by Crippen LogP contribution is 2.18. The van der Waals surface area contributed by atoms with Crippen LogP contribution in [0.25, 0.3) is 16.7 Å². The molecule has 2 N–H and O–H groups in total. The number of benzene rings is 2. The van der Waals surface area contributed by atoms with Crippen molar-refractivity contribution in [2.75, 3.05) is 5.32 Å². The van der Waals surface area contributed by atoms with Crippen molar-refractivity contribution in [3.63, 3.8) is 0 Å². The number of hydrogen-bond donors (Lipinski definition) is 2. The summed E-state index contributed by atoms with van der Waals surface area (Å²) in [6.07, 6.45) is 1.55. The Bertz CT molecular complexity index is 1360. The Morgan fingerprint density at radius 3 is 2.41 bits per heavy atom. The van der Waals surface area contributed by atoms with Crippen molar-refractivity contribution in [1.82, 2.24) is 14.1 Å². The maximum absolute atomic E-state index is 13.1. The Hall–Kier alpha value is -3.87. The Kier molecular flexibility index (Phi) is 4.43. The van der Waals surface area contributed by atoms with Crippen LogP contribution < -0.4 is 16.6 Å². The Morgan fingerprint density at radius 1 is 1.00 bits per heavy atom. The van der Waals surface area contributed by atoms with Crippen molar-refractivity contribution in [3.05, 3.63) is 92.3 Å². The molecule has 0 aliphatic rings. The Balaban J connectivity index is 1.84. The molecule has 4 aromatic rings. The van der Waals surface area contributed by atoms with Gasteiger partial charge in [-0.05, 0) is 43.7 Å². The van der Waals surface area contributed by atoms with Crippen molar-refractivity contribution in [2.24, 2.45) is 7.05 Å². The fraction of sp³-hybridized carbons (Fsp3) is 0.136. The van der Waals surface area contributed by atoms with Crippen molar-refractivity contribution in [2.45, 2.75) is 13.8 Å². The number of aromatic amines is 1. The zero-order valence-corrected chi connectivity index (χ0v) is 16.3. The molecule has 0 spiro atoms. The quantitative estimate of drug-likeness (QED) is 0.566. The average Bonchev–Trinajstić information content (AvgIpc) is 3.00. The molecule has 0 radical (unpaired) electrons. The molecule has 7 nitrogen and oxygen atoms in total. The second kappa shape index (κ2) is 6.94. The molecule has 2 heterocycles. The van der Waals surface area contributed by atoms with E-state index in [9.17, 15) is 14.4 Å². The lowest BCUT2D eigenvalue weighted by Crippen LogP contribution is -2.34. The molecule has 7 heteroatoms. The monoisotopic (exact) mass is 388 g/mol. The third-order valence-electron chi connectivity index (χ3n) is 4.84. The standard InChI is InChI=1S/C22H20N4O3/c1-13-7-9-16(10-8-13)26-21(28)19-18(24-22(26)29)17(12-25(19)3)20(27)23-15-6-4-5-14(2)11-15/h4-12H,1-3H3,(H,23,27)(H,24,29). The summed E-state index contributed by atoms with van der Waals surface area (Å²) in [6.45, 7) is 3.86. The molecule has 0 aliphatic carbocycles. The van der Waals surface area contributed by atoms with Gasteiger partial charge >= 0.3 is 5.69 Å². The minimum atomic E-state index is -0.595. The number of H-pyrrole nitrogens is 1. The molecule has 1 amide bonds. The van der Waals surface area contributed by atoms with Gasteiger partial charge in [0.15, 0.2) is 0 Å². The Morgan fingerprint density at radius 2 is 1.72 bits per heavy atom. The number of aromatic nitrogens is 3.